The van der Waals surface area contributed by atoms with Crippen molar-refractivity contribution in [1.82, 2.24) is 9.80 Å². The van der Waals surface area contributed by atoms with Crippen LogP contribution in [0.25, 0.3) is 0 Å². The summed E-state index contributed by atoms with van der Waals surface area (Å²) in [5.74, 6) is 0.986. The summed E-state index contributed by atoms with van der Waals surface area (Å²) >= 11 is 7.69. The Bertz CT molecular complexity index is 1170. The van der Waals surface area contributed by atoms with E-state index in [9.17, 15) is 9.59 Å². The number of hydrogen-bond donors (Lipinski definition) is 0. The van der Waals surface area contributed by atoms with Crippen LogP contribution in [-0.4, -0.2) is 68.7 Å². The zero-order chi connectivity index (χ0) is 25.5. The minimum absolute atomic E-state index is 0.0505. The van der Waals surface area contributed by atoms with E-state index in [-0.39, 0.29) is 24.4 Å². The molecule has 0 bridgehead atoms. The second kappa shape index (κ2) is 12.3. The molecule has 0 saturated carbocycles. The summed E-state index contributed by atoms with van der Waals surface area (Å²) in [5.41, 5.74) is 1.58. The van der Waals surface area contributed by atoms with Crippen LogP contribution in [0.4, 0.5) is 0 Å². The molecule has 1 aliphatic heterocycles. The van der Waals surface area contributed by atoms with E-state index in [0.29, 0.717) is 48.4 Å². The summed E-state index contributed by atoms with van der Waals surface area (Å²) in [6.07, 6.45) is 0.778. The van der Waals surface area contributed by atoms with Crippen molar-refractivity contribution in [3.63, 3.8) is 0 Å². The molecule has 1 aliphatic rings. The Morgan fingerprint density at radius 2 is 1.78 bits per heavy atom. The molecule has 0 radical (unpaired) electrons. The Labute approximate surface area is 220 Å². The van der Waals surface area contributed by atoms with Gasteiger partial charge in [-0.1, -0.05) is 11.6 Å². The first-order valence-corrected chi connectivity index (χ1v) is 12.9. The number of benzene rings is 2. The van der Waals surface area contributed by atoms with E-state index in [2.05, 4.69) is 6.07 Å². The van der Waals surface area contributed by atoms with Gasteiger partial charge in [0.05, 0.1) is 19.8 Å². The van der Waals surface area contributed by atoms with E-state index in [4.69, 9.17) is 25.8 Å². The summed E-state index contributed by atoms with van der Waals surface area (Å²) in [6, 6.07) is 15.8. The lowest BCUT2D eigenvalue weighted by Gasteiger charge is -2.37. The zero-order valence-electron chi connectivity index (χ0n) is 20.3. The molecule has 9 heteroatoms. The summed E-state index contributed by atoms with van der Waals surface area (Å²) in [4.78, 5) is 31.5. The highest BCUT2D eigenvalue weighted by Gasteiger charge is 2.33. The fourth-order valence-corrected chi connectivity index (χ4v) is 5.26. The average Bonchev–Trinajstić information content (AvgIpc) is 3.39. The van der Waals surface area contributed by atoms with E-state index < -0.39 is 0 Å². The van der Waals surface area contributed by atoms with Gasteiger partial charge in [-0.05, 0) is 72.0 Å². The molecule has 2 amide bonds. The zero-order valence-corrected chi connectivity index (χ0v) is 21.9. The number of carbonyl (C=O) groups is 2. The summed E-state index contributed by atoms with van der Waals surface area (Å²) in [7, 11) is 3.15. The number of rotatable bonds is 10. The van der Waals surface area contributed by atoms with Gasteiger partial charge in [0.2, 0.25) is 5.91 Å². The molecule has 1 atom stereocenters. The molecule has 4 rings (SSSR count). The van der Waals surface area contributed by atoms with Crippen LogP contribution in [0, 0.1) is 0 Å². The lowest BCUT2D eigenvalue weighted by atomic mass is 10.0. The maximum Gasteiger partial charge on any atom is 0.254 e. The van der Waals surface area contributed by atoms with Crippen molar-refractivity contribution in [2.75, 3.05) is 47.1 Å². The van der Waals surface area contributed by atoms with Crippen LogP contribution in [0.1, 0.15) is 26.8 Å². The van der Waals surface area contributed by atoms with Gasteiger partial charge < -0.3 is 24.0 Å². The normalized spacial score (nSPS) is 14.8. The smallest absolute Gasteiger partial charge is 0.254 e. The third-order valence-corrected chi connectivity index (χ3v) is 7.40. The van der Waals surface area contributed by atoms with Crippen LogP contribution in [-0.2, 0) is 16.0 Å². The summed E-state index contributed by atoms with van der Waals surface area (Å²) in [6.45, 7) is 1.45. The van der Waals surface area contributed by atoms with Crippen molar-refractivity contribution >= 4 is 34.8 Å². The molecule has 190 valence electrons. The van der Waals surface area contributed by atoms with E-state index in [1.165, 1.54) is 9.78 Å². The quantitative estimate of drug-likeness (QED) is 0.381. The number of amides is 2. The Morgan fingerprint density at radius 1 is 1.06 bits per heavy atom. The number of halogens is 1. The molecule has 2 heterocycles. The van der Waals surface area contributed by atoms with Crippen LogP contribution in [0.2, 0.25) is 5.02 Å². The first-order valence-electron chi connectivity index (χ1n) is 11.7. The van der Waals surface area contributed by atoms with Gasteiger partial charge in [0.15, 0.2) is 0 Å². The van der Waals surface area contributed by atoms with Crippen LogP contribution in [0.15, 0.2) is 60.0 Å². The highest BCUT2D eigenvalue weighted by molar-refractivity contribution is 7.10. The summed E-state index contributed by atoms with van der Waals surface area (Å²) in [5, 5.41) is 2.68. The number of ether oxygens (including phenoxy) is 3. The monoisotopic (exact) mass is 528 g/mol. The fourth-order valence-electron chi connectivity index (χ4n) is 4.20. The maximum atomic E-state index is 13.6. The van der Waals surface area contributed by atoms with Gasteiger partial charge in [-0.15, -0.1) is 11.3 Å². The average molecular weight is 529 g/mol. The summed E-state index contributed by atoms with van der Waals surface area (Å²) < 4.78 is 16.5. The van der Waals surface area contributed by atoms with Gasteiger partial charge in [-0.25, -0.2) is 0 Å². The standard InChI is InChI=1S/C27H29ClN2O5S/c1-33-15-14-29(27(32)19-3-7-21(34-2)8-4-19)17-26(31)30-13-11-25-23(12-16-36-25)24(30)18-35-22-9-5-20(28)6-10-22/h3-10,12,16,24H,11,13-15,17-18H2,1-2H3/t24-/m0/s1. The second-order valence-corrected chi connectivity index (χ2v) is 9.80. The van der Waals surface area contributed by atoms with E-state index in [1.54, 1.807) is 62.0 Å². The first kappa shape index (κ1) is 26.0. The molecule has 0 spiro atoms. The number of nitrogens with zero attached hydrogens (tertiary/aromatic N) is 2. The highest BCUT2D eigenvalue weighted by atomic mass is 35.5. The largest absolute Gasteiger partial charge is 0.497 e. The maximum absolute atomic E-state index is 13.6. The molecule has 3 aromatic rings. The fraction of sp³-hybridized carbons (Fsp3) is 0.333. The minimum Gasteiger partial charge on any atom is -0.497 e. The molecular weight excluding hydrogens is 500 g/mol. The molecule has 0 fully saturated rings. The molecule has 1 aromatic heterocycles. The van der Waals surface area contributed by atoms with Crippen LogP contribution in [0.3, 0.4) is 0 Å². The van der Waals surface area contributed by atoms with Crippen molar-refractivity contribution in [3.8, 4) is 11.5 Å². The predicted molar refractivity (Wildman–Crippen MR) is 140 cm³/mol. The van der Waals surface area contributed by atoms with Crippen LogP contribution >= 0.6 is 22.9 Å². The van der Waals surface area contributed by atoms with Crippen molar-refractivity contribution < 1.29 is 23.8 Å². The van der Waals surface area contributed by atoms with Crippen molar-refractivity contribution in [3.05, 3.63) is 81.0 Å². The lowest BCUT2D eigenvalue weighted by Crippen LogP contribution is -2.48. The van der Waals surface area contributed by atoms with Crippen molar-refractivity contribution in [1.29, 1.82) is 0 Å². The van der Waals surface area contributed by atoms with E-state index in [0.717, 1.165) is 12.0 Å². The number of fused-ring (bicyclic) bond motifs is 1. The van der Waals surface area contributed by atoms with Crippen LogP contribution < -0.4 is 9.47 Å². The number of thiophene rings is 1. The molecule has 7 nitrogen and oxygen atoms in total. The van der Waals surface area contributed by atoms with Gasteiger partial charge in [0.25, 0.3) is 5.91 Å². The van der Waals surface area contributed by atoms with Crippen molar-refractivity contribution in [2.45, 2.75) is 12.5 Å². The second-order valence-electron chi connectivity index (χ2n) is 8.36. The van der Waals surface area contributed by atoms with Crippen molar-refractivity contribution in [2.24, 2.45) is 0 Å². The Hall–Kier alpha value is -3.07. The van der Waals surface area contributed by atoms with E-state index in [1.807, 2.05) is 22.4 Å². The molecule has 0 aliphatic carbocycles. The number of hydrogen-bond acceptors (Lipinski definition) is 6. The topological polar surface area (TPSA) is 68.3 Å². The predicted octanol–water partition coefficient (Wildman–Crippen LogP) is 4.70. The molecule has 0 unspecified atom stereocenters. The number of methoxy groups -OCH3 is 2. The van der Waals surface area contributed by atoms with Gasteiger partial charge in [0.1, 0.15) is 24.7 Å². The highest BCUT2D eigenvalue weighted by Crippen LogP contribution is 2.34. The molecule has 0 N–H and O–H groups in total. The Balaban J connectivity index is 1.51. The van der Waals surface area contributed by atoms with Gasteiger partial charge in [0, 0.05) is 35.7 Å². The third kappa shape index (κ3) is 6.19. The Morgan fingerprint density at radius 3 is 2.47 bits per heavy atom. The van der Waals surface area contributed by atoms with E-state index >= 15 is 0 Å². The van der Waals surface area contributed by atoms with Gasteiger partial charge in [-0.2, -0.15) is 0 Å². The molecular formula is C27H29ClN2O5S. The third-order valence-electron chi connectivity index (χ3n) is 6.15. The van der Waals surface area contributed by atoms with Gasteiger partial charge in [-0.3, -0.25) is 9.59 Å². The first-order chi connectivity index (χ1) is 17.5. The minimum atomic E-state index is -0.247. The SMILES string of the molecule is COCCN(CC(=O)N1CCc2sccc2[C@@H]1COc1ccc(Cl)cc1)C(=O)c1ccc(OC)cc1. The van der Waals surface area contributed by atoms with Crippen LogP contribution in [0.5, 0.6) is 11.5 Å². The molecule has 36 heavy (non-hydrogen) atoms. The number of carbonyl (C=O) groups excluding carboxylic acids is 2. The molecule has 0 saturated heterocycles. The lowest BCUT2D eigenvalue weighted by molar-refractivity contribution is -0.135. The van der Waals surface area contributed by atoms with Gasteiger partial charge >= 0.3 is 0 Å². The Kier molecular flexibility index (Phi) is 8.85. The molecule has 2 aromatic carbocycles.